The molecule has 2 amide bonds. The van der Waals surface area contributed by atoms with E-state index in [0.717, 1.165) is 16.7 Å². The van der Waals surface area contributed by atoms with Crippen LogP contribution in [0.5, 0.6) is 0 Å². The number of aromatic nitrogens is 2. The standard InChI is InChI=1S/C21H20N4O2/c1-15-4-6-16(7-5-15)13-25-21(27)19-11-18(8-10-23-19)20(26)24-14-17-3-2-9-22-12-17/h2-12H,13-14H2,1H3,(H,24,26)(H,25,27). The van der Waals surface area contributed by atoms with Gasteiger partial charge in [-0.1, -0.05) is 35.9 Å². The molecule has 0 aliphatic carbocycles. The van der Waals surface area contributed by atoms with Gasteiger partial charge in [0, 0.05) is 37.2 Å². The molecule has 1 aromatic carbocycles. The minimum Gasteiger partial charge on any atom is -0.348 e. The van der Waals surface area contributed by atoms with Crippen molar-refractivity contribution in [2.45, 2.75) is 20.0 Å². The third kappa shape index (κ3) is 5.22. The topological polar surface area (TPSA) is 84.0 Å². The molecule has 0 aliphatic rings. The first-order chi connectivity index (χ1) is 13.1. The first-order valence-corrected chi connectivity index (χ1v) is 8.59. The summed E-state index contributed by atoms with van der Waals surface area (Å²) < 4.78 is 0. The Kier molecular flexibility index (Phi) is 5.89. The van der Waals surface area contributed by atoms with Crippen LogP contribution in [0, 0.1) is 6.92 Å². The molecule has 6 heteroatoms. The largest absolute Gasteiger partial charge is 0.348 e. The molecule has 27 heavy (non-hydrogen) atoms. The van der Waals surface area contributed by atoms with E-state index >= 15 is 0 Å². The van der Waals surface area contributed by atoms with Crippen LogP contribution >= 0.6 is 0 Å². The summed E-state index contributed by atoms with van der Waals surface area (Å²) in [7, 11) is 0. The summed E-state index contributed by atoms with van der Waals surface area (Å²) in [4.78, 5) is 32.7. The van der Waals surface area contributed by atoms with Crippen molar-refractivity contribution in [1.82, 2.24) is 20.6 Å². The molecule has 0 unspecified atom stereocenters. The van der Waals surface area contributed by atoms with Crippen LogP contribution < -0.4 is 10.6 Å². The number of hydrogen-bond acceptors (Lipinski definition) is 4. The highest BCUT2D eigenvalue weighted by atomic mass is 16.2. The molecule has 136 valence electrons. The van der Waals surface area contributed by atoms with E-state index in [2.05, 4.69) is 20.6 Å². The van der Waals surface area contributed by atoms with Gasteiger partial charge in [0.2, 0.25) is 0 Å². The summed E-state index contributed by atoms with van der Waals surface area (Å²) >= 11 is 0. The molecule has 0 saturated carbocycles. The molecule has 0 spiro atoms. The zero-order chi connectivity index (χ0) is 19.1. The maximum atomic E-state index is 12.3. The Morgan fingerprint density at radius 1 is 0.889 bits per heavy atom. The van der Waals surface area contributed by atoms with Crippen LogP contribution in [0.4, 0.5) is 0 Å². The molecule has 2 aromatic heterocycles. The average molecular weight is 360 g/mol. The van der Waals surface area contributed by atoms with Crippen molar-refractivity contribution in [3.05, 3.63) is 95.1 Å². The van der Waals surface area contributed by atoms with Crippen LogP contribution in [0.3, 0.4) is 0 Å². The van der Waals surface area contributed by atoms with Crippen LogP contribution in [-0.2, 0) is 13.1 Å². The van der Waals surface area contributed by atoms with Gasteiger partial charge in [0.1, 0.15) is 5.69 Å². The lowest BCUT2D eigenvalue weighted by Crippen LogP contribution is -2.26. The maximum Gasteiger partial charge on any atom is 0.270 e. The Bertz CT molecular complexity index is 924. The molecular weight excluding hydrogens is 340 g/mol. The molecule has 3 rings (SSSR count). The summed E-state index contributed by atoms with van der Waals surface area (Å²) in [5, 5.41) is 5.62. The maximum absolute atomic E-state index is 12.3. The molecule has 0 aliphatic heterocycles. The predicted molar refractivity (Wildman–Crippen MR) is 102 cm³/mol. The van der Waals surface area contributed by atoms with E-state index in [-0.39, 0.29) is 17.5 Å². The quantitative estimate of drug-likeness (QED) is 0.708. The van der Waals surface area contributed by atoms with Crippen molar-refractivity contribution in [1.29, 1.82) is 0 Å². The third-order valence-electron chi connectivity index (χ3n) is 4.00. The van der Waals surface area contributed by atoms with E-state index in [1.54, 1.807) is 18.5 Å². The lowest BCUT2D eigenvalue weighted by atomic mass is 10.1. The van der Waals surface area contributed by atoms with Crippen LogP contribution in [-0.4, -0.2) is 21.8 Å². The minimum atomic E-state index is -0.322. The molecule has 6 nitrogen and oxygen atoms in total. The molecule has 0 atom stereocenters. The SMILES string of the molecule is Cc1ccc(CNC(=O)c2cc(C(=O)NCc3cccnc3)ccn2)cc1. The lowest BCUT2D eigenvalue weighted by Gasteiger charge is -2.08. The Balaban J connectivity index is 1.59. The van der Waals surface area contributed by atoms with E-state index in [0.29, 0.717) is 18.7 Å². The summed E-state index contributed by atoms with van der Waals surface area (Å²) in [6.45, 7) is 2.78. The Hall–Kier alpha value is -3.54. The van der Waals surface area contributed by atoms with E-state index in [1.807, 2.05) is 43.3 Å². The number of aryl methyl sites for hydroxylation is 1. The van der Waals surface area contributed by atoms with E-state index in [9.17, 15) is 9.59 Å². The zero-order valence-electron chi connectivity index (χ0n) is 15.0. The van der Waals surface area contributed by atoms with Crippen molar-refractivity contribution in [2.24, 2.45) is 0 Å². The number of nitrogens with one attached hydrogen (secondary N) is 2. The van der Waals surface area contributed by atoms with Crippen LogP contribution in [0.25, 0.3) is 0 Å². The Labute approximate surface area is 157 Å². The predicted octanol–water partition coefficient (Wildman–Crippen LogP) is 2.65. The number of nitrogens with zero attached hydrogens (tertiary/aromatic N) is 2. The third-order valence-corrected chi connectivity index (χ3v) is 4.00. The molecule has 2 N–H and O–H groups in total. The highest BCUT2D eigenvalue weighted by Gasteiger charge is 2.11. The molecule has 0 saturated heterocycles. The normalized spacial score (nSPS) is 10.3. The average Bonchev–Trinajstić information content (AvgIpc) is 2.72. The Morgan fingerprint density at radius 3 is 2.37 bits per heavy atom. The van der Waals surface area contributed by atoms with Gasteiger partial charge in [-0.2, -0.15) is 0 Å². The van der Waals surface area contributed by atoms with Gasteiger partial charge in [-0.05, 0) is 36.2 Å². The monoisotopic (exact) mass is 360 g/mol. The van der Waals surface area contributed by atoms with Gasteiger partial charge in [0.05, 0.1) is 0 Å². The van der Waals surface area contributed by atoms with Gasteiger partial charge in [-0.15, -0.1) is 0 Å². The first-order valence-electron chi connectivity index (χ1n) is 8.59. The summed E-state index contributed by atoms with van der Waals surface area (Å²) in [5.41, 5.74) is 3.65. The van der Waals surface area contributed by atoms with Gasteiger partial charge in [0.15, 0.2) is 0 Å². The van der Waals surface area contributed by atoms with Gasteiger partial charge in [0.25, 0.3) is 11.8 Å². The molecule has 3 aromatic rings. The second-order valence-corrected chi connectivity index (χ2v) is 6.14. The second-order valence-electron chi connectivity index (χ2n) is 6.14. The highest BCUT2D eigenvalue weighted by molar-refractivity contribution is 5.98. The highest BCUT2D eigenvalue weighted by Crippen LogP contribution is 2.06. The van der Waals surface area contributed by atoms with Crippen LogP contribution in [0.2, 0.25) is 0 Å². The van der Waals surface area contributed by atoms with Crippen LogP contribution in [0.15, 0.2) is 67.1 Å². The van der Waals surface area contributed by atoms with Crippen LogP contribution in [0.1, 0.15) is 37.5 Å². The van der Waals surface area contributed by atoms with Crippen molar-refractivity contribution < 1.29 is 9.59 Å². The molecule has 0 radical (unpaired) electrons. The fourth-order valence-electron chi connectivity index (χ4n) is 2.46. The van der Waals surface area contributed by atoms with E-state index in [1.165, 1.54) is 12.3 Å². The minimum absolute atomic E-state index is 0.205. The number of pyridine rings is 2. The van der Waals surface area contributed by atoms with Crippen molar-refractivity contribution in [2.75, 3.05) is 0 Å². The summed E-state index contributed by atoms with van der Waals surface area (Å²) in [6.07, 6.45) is 4.83. The van der Waals surface area contributed by atoms with Gasteiger partial charge >= 0.3 is 0 Å². The fraction of sp³-hybridized carbons (Fsp3) is 0.143. The summed E-state index contributed by atoms with van der Waals surface area (Å²) in [6, 6.07) is 14.7. The van der Waals surface area contributed by atoms with Crippen molar-refractivity contribution in [3.8, 4) is 0 Å². The van der Waals surface area contributed by atoms with Crippen molar-refractivity contribution >= 4 is 11.8 Å². The molecule has 0 fully saturated rings. The Morgan fingerprint density at radius 2 is 1.63 bits per heavy atom. The number of rotatable bonds is 6. The van der Waals surface area contributed by atoms with Gasteiger partial charge in [-0.3, -0.25) is 19.6 Å². The van der Waals surface area contributed by atoms with E-state index < -0.39 is 0 Å². The molecule has 2 heterocycles. The van der Waals surface area contributed by atoms with Gasteiger partial charge < -0.3 is 10.6 Å². The number of carbonyl (C=O) groups excluding carboxylic acids is 2. The van der Waals surface area contributed by atoms with E-state index in [4.69, 9.17) is 0 Å². The first kappa shape index (κ1) is 18.3. The number of amides is 2. The fourth-order valence-corrected chi connectivity index (χ4v) is 2.46. The zero-order valence-corrected chi connectivity index (χ0v) is 15.0. The second kappa shape index (κ2) is 8.71. The molecular formula is C21H20N4O2. The lowest BCUT2D eigenvalue weighted by molar-refractivity contribution is 0.0946. The number of benzene rings is 1. The molecule has 0 bridgehead atoms. The van der Waals surface area contributed by atoms with Gasteiger partial charge in [-0.25, -0.2) is 0 Å². The smallest absolute Gasteiger partial charge is 0.270 e. The van der Waals surface area contributed by atoms with Crippen molar-refractivity contribution in [3.63, 3.8) is 0 Å². The summed E-state index contributed by atoms with van der Waals surface area (Å²) in [5.74, 6) is -0.591. The number of hydrogen-bond donors (Lipinski definition) is 2. The number of carbonyl (C=O) groups is 2.